The number of rotatable bonds is 1. The Kier molecular flexibility index (Phi) is 2.83. The predicted molar refractivity (Wildman–Crippen MR) is 92.3 cm³/mol. The van der Waals surface area contributed by atoms with E-state index in [-0.39, 0.29) is 0 Å². The minimum Gasteiger partial charge on any atom is -0.396 e. The van der Waals surface area contributed by atoms with E-state index in [1.165, 1.54) is 28.6 Å². The number of nitrogens with zero attached hydrogens (tertiary/aromatic N) is 2. The average molecular weight is 308 g/mol. The Labute approximate surface area is 137 Å². The standard InChI is InChI=1S/C20H24N2O/c1-3-12-10-22-18-9-15-13-6-4-5-7-17(13)21(2)20(15)19(22)8-14(12)16(18)11-23/h3-7,14,16,18-19,23H,8-11H2,1-2H3/b12-3+/t14-,16+,18-,19-/m0/s1. The van der Waals surface area contributed by atoms with Gasteiger partial charge in [-0.3, -0.25) is 4.90 Å². The van der Waals surface area contributed by atoms with Crippen LogP contribution >= 0.6 is 0 Å². The molecule has 3 fully saturated rings. The van der Waals surface area contributed by atoms with Gasteiger partial charge in [-0.25, -0.2) is 0 Å². The molecule has 120 valence electrons. The SMILES string of the molecule is C/C=C1\CN2[C@H]3C[C@@H]1[C@@H](CO)[C@@H]2Cc1c3n(C)c2ccccc12. The van der Waals surface area contributed by atoms with E-state index in [4.69, 9.17) is 0 Å². The maximum atomic E-state index is 10.0. The van der Waals surface area contributed by atoms with Gasteiger partial charge in [-0.15, -0.1) is 0 Å². The first-order valence-electron chi connectivity index (χ1n) is 8.82. The van der Waals surface area contributed by atoms with Gasteiger partial charge in [0.05, 0.1) is 6.04 Å². The smallest absolute Gasteiger partial charge is 0.0515 e. The lowest BCUT2D eigenvalue weighted by Gasteiger charge is -2.58. The lowest BCUT2D eigenvalue weighted by molar-refractivity contribution is -0.0513. The maximum Gasteiger partial charge on any atom is 0.0515 e. The van der Waals surface area contributed by atoms with Crippen LogP contribution in [0, 0.1) is 11.8 Å². The van der Waals surface area contributed by atoms with Crippen LogP contribution in [-0.2, 0) is 13.5 Å². The number of hydrogen-bond acceptors (Lipinski definition) is 2. The molecule has 0 saturated carbocycles. The number of aliphatic hydroxyl groups is 1. The number of piperidine rings is 3. The van der Waals surface area contributed by atoms with Crippen LogP contribution in [-0.4, -0.2) is 33.8 Å². The summed E-state index contributed by atoms with van der Waals surface area (Å²) < 4.78 is 2.43. The molecular weight excluding hydrogens is 284 g/mol. The van der Waals surface area contributed by atoms with Crippen molar-refractivity contribution in [3.05, 3.63) is 47.2 Å². The van der Waals surface area contributed by atoms with Crippen molar-refractivity contribution in [2.75, 3.05) is 13.2 Å². The van der Waals surface area contributed by atoms with Crippen molar-refractivity contribution in [1.29, 1.82) is 0 Å². The second-order valence-corrected chi connectivity index (χ2v) is 7.45. The van der Waals surface area contributed by atoms with Crippen LogP contribution in [0.4, 0.5) is 0 Å². The van der Waals surface area contributed by atoms with E-state index < -0.39 is 0 Å². The van der Waals surface area contributed by atoms with Gasteiger partial charge >= 0.3 is 0 Å². The van der Waals surface area contributed by atoms with Gasteiger partial charge in [-0.05, 0) is 37.3 Å². The van der Waals surface area contributed by atoms with Crippen LogP contribution in [0.15, 0.2) is 35.9 Å². The minimum atomic E-state index is 0.315. The first-order chi connectivity index (χ1) is 11.2. The molecule has 6 rings (SSSR count). The molecule has 0 aliphatic carbocycles. The first kappa shape index (κ1) is 13.8. The highest BCUT2D eigenvalue weighted by Gasteiger charge is 2.52. The Morgan fingerprint density at radius 3 is 2.91 bits per heavy atom. The van der Waals surface area contributed by atoms with E-state index in [9.17, 15) is 5.11 Å². The quantitative estimate of drug-likeness (QED) is 0.820. The monoisotopic (exact) mass is 308 g/mol. The number of benzene rings is 1. The van der Waals surface area contributed by atoms with Crippen LogP contribution in [0.25, 0.3) is 10.9 Å². The van der Waals surface area contributed by atoms with E-state index >= 15 is 0 Å². The van der Waals surface area contributed by atoms with Gasteiger partial charge in [0, 0.05) is 48.8 Å². The fraction of sp³-hybridized carbons (Fsp3) is 0.500. The molecule has 1 aromatic heterocycles. The summed E-state index contributed by atoms with van der Waals surface area (Å²) in [5.41, 5.74) is 5.96. The van der Waals surface area contributed by atoms with Crippen molar-refractivity contribution in [3.63, 3.8) is 0 Å². The van der Waals surface area contributed by atoms with Gasteiger partial charge in [0.25, 0.3) is 0 Å². The summed E-state index contributed by atoms with van der Waals surface area (Å²) in [6.07, 6.45) is 4.54. The Balaban J connectivity index is 1.72. The molecular formula is C20H24N2O. The summed E-state index contributed by atoms with van der Waals surface area (Å²) in [7, 11) is 2.23. The van der Waals surface area contributed by atoms with Crippen molar-refractivity contribution in [1.82, 2.24) is 9.47 Å². The number of aromatic nitrogens is 1. The first-order valence-corrected chi connectivity index (χ1v) is 8.82. The van der Waals surface area contributed by atoms with Crippen molar-refractivity contribution in [2.45, 2.75) is 31.8 Å². The Morgan fingerprint density at radius 2 is 2.13 bits per heavy atom. The lowest BCUT2D eigenvalue weighted by Crippen LogP contribution is -2.61. The molecule has 0 radical (unpaired) electrons. The molecule has 23 heavy (non-hydrogen) atoms. The van der Waals surface area contributed by atoms with E-state index in [1.54, 1.807) is 5.57 Å². The molecule has 4 bridgehead atoms. The van der Waals surface area contributed by atoms with Crippen molar-refractivity contribution in [2.24, 2.45) is 18.9 Å². The Hall–Kier alpha value is -1.58. The van der Waals surface area contributed by atoms with Crippen molar-refractivity contribution < 1.29 is 5.11 Å². The molecule has 1 aromatic carbocycles. The summed E-state index contributed by atoms with van der Waals surface area (Å²) in [6.45, 7) is 3.56. The highest BCUT2D eigenvalue weighted by Crippen LogP contribution is 2.54. The third-order valence-corrected chi connectivity index (χ3v) is 6.73. The van der Waals surface area contributed by atoms with E-state index in [2.05, 4.69) is 53.8 Å². The van der Waals surface area contributed by atoms with Crippen LogP contribution in [0.2, 0.25) is 0 Å². The van der Waals surface area contributed by atoms with Gasteiger partial charge in [-0.1, -0.05) is 29.8 Å². The number of allylic oxidation sites excluding steroid dienone is 1. The summed E-state index contributed by atoms with van der Waals surface area (Å²) in [4.78, 5) is 2.68. The minimum absolute atomic E-state index is 0.315. The van der Waals surface area contributed by atoms with Crippen LogP contribution in [0.5, 0.6) is 0 Å². The number of hydrogen-bond donors (Lipinski definition) is 1. The third-order valence-electron chi connectivity index (χ3n) is 6.73. The number of aliphatic hydroxyl groups excluding tert-OH is 1. The molecule has 0 amide bonds. The maximum absolute atomic E-state index is 10.0. The molecule has 0 spiro atoms. The van der Waals surface area contributed by atoms with E-state index in [1.807, 2.05) is 0 Å². The molecule has 1 N–H and O–H groups in total. The lowest BCUT2D eigenvalue weighted by atomic mass is 9.64. The normalized spacial score (nSPS) is 36.7. The van der Waals surface area contributed by atoms with E-state index in [0.29, 0.717) is 30.5 Å². The fourth-order valence-corrected chi connectivity index (χ4v) is 5.71. The van der Waals surface area contributed by atoms with Crippen LogP contribution in [0.3, 0.4) is 0 Å². The second-order valence-electron chi connectivity index (χ2n) is 7.45. The highest BCUT2D eigenvalue weighted by atomic mass is 16.3. The number of fused-ring (bicyclic) bond motifs is 4. The highest BCUT2D eigenvalue weighted by molar-refractivity contribution is 5.86. The largest absolute Gasteiger partial charge is 0.396 e. The Morgan fingerprint density at radius 1 is 1.30 bits per heavy atom. The summed E-state index contributed by atoms with van der Waals surface area (Å²) in [5.74, 6) is 0.967. The molecule has 3 saturated heterocycles. The molecule has 1 unspecified atom stereocenters. The zero-order chi connectivity index (χ0) is 15.7. The molecule has 5 atom stereocenters. The molecule has 3 nitrogen and oxygen atoms in total. The number of para-hydroxylation sites is 1. The summed E-state index contributed by atoms with van der Waals surface area (Å²) in [5, 5.41) is 11.5. The average Bonchev–Trinajstić information content (AvgIpc) is 2.87. The predicted octanol–water partition coefficient (Wildman–Crippen LogP) is 3.03. The Bertz CT molecular complexity index is 818. The van der Waals surface area contributed by atoms with Crippen molar-refractivity contribution in [3.8, 4) is 0 Å². The third kappa shape index (κ3) is 1.62. The molecule has 3 heteroatoms. The zero-order valence-corrected chi connectivity index (χ0v) is 13.9. The topological polar surface area (TPSA) is 28.4 Å². The van der Waals surface area contributed by atoms with Crippen LogP contribution in [0.1, 0.15) is 30.6 Å². The van der Waals surface area contributed by atoms with Crippen LogP contribution < -0.4 is 0 Å². The van der Waals surface area contributed by atoms with E-state index in [0.717, 1.165) is 13.0 Å². The van der Waals surface area contributed by atoms with Gasteiger partial charge in [0.1, 0.15) is 0 Å². The second kappa shape index (κ2) is 4.71. The fourth-order valence-electron chi connectivity index (χ4n) is 5.71. The molecule has 2 aromatic rings. The zero-order valence-electron chi connectivity index (χ0n) is 13.9. The molecule has 5 heterocycles. The molecule has 4 aliphatic heterocycles. The van der Waals surface area contributed by atoms with Gasteiger partial charge < -0.3 is 9.67 Å². The summed E-state index contributed by atoms with van der Waals surface area (Å²) in [6, 6.07) is 9.84. The van der Waals surface area contributed by atoms with Gasteiger partial charge in [-0.2, -0.15) is 0 Å². The summed E-state index contributed by atoms with van der Waals surface area (Å²) >= 11 is 0. The molecule has 4 aliphatic rings. The van der Waals surface area contributed by atoms with Gasteiger partial charge in [0.15, 0.2) is 0 Å². The van der Waals surface area contributed by atoms with Crippen molar-refractivity contribution >= 4 is 10.9 Å². The van der Waals surface area contributed by atoms with Gasteiger partial charge in [0.2, 0.25) is 0 Å². The number of aryl methyl sites for hydroxylation is 1.